The molecule has 2 aromatic rings. The SMILES string of the molecule is CC(C)COc1cc2onc(CCS)c2cc1Cl. The lowest BCUT2D eigenvalue weighted by molar-refractivity contribution is 0.271. The smallest absolute Gasteiger partial charge is 0.170 e. The van der Waals surface area contributed by atoms with E-state index in [1.807, 2.05) is 6.07 Å². The zero-order valence-corrected chi connectivity index (χ0v) is 12.1. The first-order valence-corrected chi connectivity index (χ1v) is 6.94. The summed E-state index contributed by atoms with van der Waals surface area (Å²) in [7, 11) is 0. The highest BCUT2D eigenvalue weighted by atomic mass is 35.5. The molecular formula is C13H16ClNO2S. The Bertz CT molecular complexity index is 539. The Balaban J connectivity index is 2.32. The Hall–Kier alpha value is -0.870. The van der Waals surface area contributed by atoms with Crippen LogP contribution in [0.15, 0.2) is 16.7 Å². The van der Waals surface area contributed by atoms with Gasteiger partial charge in [-0.2, -0.15) is 12.6 Å². The highest BCUT2D eigenvalue weighted by Crippen LogP contribution is 2.32. The van der Waals surface area contributed by atoms with Gasteiger partial charge in [0, 0.05) is 17.9 Å². The Morgan fingerprint density at radius 1 is 1.44 bits per heavy atom. The molecule has 0 spiro atoms. The Labute approximate surface area is 117 Å². The predicted octanol–water partition coefficient (Wildman–Crippen LogP) is 3.99. The lowest BCUT2D eigenvalue weighted by Crippen LogP contribution is -2.04. The van der Waals surface area contributed by atoms with Crippen LogP contribution in [0.2, 0.25) is 5.02 Å². The van der Waals surface area contributed by atoms with Crippen LogP contribution < -0.4 is 4.74 Å². The van der Waals surface area contributed by atoms with Gasteiger partial charge in [0.2, 0.25) is 0 Å². The number of hydrogen-bond acceptors (Lipinski definition) is 4. The largest absolute Gasteiger partial charge is 0.492 e. The van der Waals surface area contributed by atoms with Crippen LogP contribution in [-0.4, -0.2) is 17.5 Å². The molecule has 0 aliphatic heterocycles. The summed E-state index contributed by atoms with van der Waals surface area (Å²) in [6.07, 6.45) is 0.763. The average molecular weight is 286 g/mol. The minimum atomic E-state index is 0.450. The maximum atomic E-state index is 6.20. The maximum absolute atomic E-state index is 6.20. The molecular weight excluding hydrogens is 270 g/mol. The molecule has 0 N–H and O–H groups in total. The molecule has 0 saturated heterocycles. The Morgan fingerprint density at radius 2 is 2.22 bits per heavy atom. The number of aryl methyl sites for hydroxylation is 1. The first-order chi connectivity index (χ1) is 8.61. The second-order valence-corrected chi connectivity index (χ2v) is 5.44. The van der Waals surface area contributed by atoms with Gasteiger partial charge in [-0.15, -0.1) is 0 Å². The second kappa shape index (κ2) is 5.85. The third-order valence-corrected chi connectivity index (χ3v) is 3.04. The monoisotopic (exact) mass is 285 g/mol. The van der Waals surface area contributed by atoms with Crippen LogP contribution in [0.5, 0.6) is 5.75 Å². The number of fused-ring (bicyclic) bond motifs is 1. The summed E-state index contributed by atoms with van der Waals surface area (Å²) in [5, 5.41) is 5.55. The van der Waals surface area contributed by atoms with Crippen LogP contribution in [-0.2, 0) is 6.42 Å². The predicted molar refractivity (Wildman–Crippen MR) is 76.9 cm³/mol. The van der Waals surface area contributed by atoms with Gasteiger partial charge >= 0.3 is 0 Å². The average Bonchev–Trinajstić information content (AvgIpc) is 2.69. The maximum Gasteiger partial charge on any atom is 0.170 e. The van der Waals surface area contributed by atoms with Crippen molar-refractivity contribution in [2.45, 2.75) is 20.3 Å². The van der Waals surface area contributed by atoms with Gasteiger partial charge in [0.15, 0.2) is 5.58 Å². The molecule has 1 aromatic heterocycles. The van der Waals surface area contributed by atoms with Crippen LogP contribution in [0.4, 0.5) is 0 Å². The summed E-state index contributed by atoms with van der Waals surface area (Å²) < 4.78 is 10.9. The molecule has 1 aromatic carbocycles. The number of hydrogen-bond donors (Lipinski definition) is 1. The van der Waals surface area contributed by atoms with E-state index in [0.717, 1.165) is 23.3 Å². The zero-order valence-electron chi connectivity index (χ0n) is 10.4. The molecule has 0 atom stereocenters. The van der Waals surface area contributed by atoms with Crippen molar-refractivity contribution in [1.29, 1.82) is 0 Å². The third-order valence-electron chi connectivity index (χ3n) is 2.52. The van der Waals surface area contributed by atoms with Crippen LogP contribution in [0, 0.1) is 5.92 Å². The van der Waals surface area contributed by atoms with E-state index < -0.39 is 0 Å². The van der Waals surface area contributed by atoms with Crippen LogP contribution in [0.25, 0.3) is 11.0 Å². The van der Waals surface area contributed by atoms with Gasteiger partial charge in [0.25, 0.3) is 0 Å². The summed E-state index contributed by atoms with van der Waals surface area (Å²) in [5.41, 5.74) is 1.59. The standard InChI is InChI=1S/C13H16ClNO2S/c1-8(2)7-16-13-6-12-9(5-10(13)14)11(3-4-18)15-17-12/h5-6,8,18H,3-4,7H2,1-2H3. The highest BCUT2D eigenvalue weighted by molar-refractivity contribution is 7.80. The lowest BCUT2D eigenvalue weighted by atomic mass is 10.2. The van der Waals surface area contributed by atoms with Crippen molar-refractivity contribution >= 4 is 35.2 Å². The van der Waals surface area contributed by atoms with Crippen LogP contribution in [0.3, 0.4) is 0 Å². The quantitative estimate of drug-likeness (QED) is 0.844. The second-order valence-electron chi connectivity index (χ2n) is 4.59. The molecule has 0 fully saturated rings. The van der Waals surface area contributed by atoms with Crippen molar-refractivity contribution in [1.82, 2.24) is 5.16 Å². The van der Waals surface area contributed by atoms with E-state index in [1.165, 1.54) is 0 Å². The van der Waals surface area contributed by atoms with E-state index >= 15 is 0 Å². The molecule has 0 aliphatic rings. The molecule has 98 valence electrons. The minimum absolute atomic E-state index is 0.450. The Kier molecular flexibility index (Phi) is 4.40. The number of rotatable bonds is 5. The van der Waals surface area contributed by atoms with E-state index in [2.05, 4.69) is 31.6 Å². The molecule has 1 heterocycles. The molecule has 0 aliphatic carbocycles. The molecule has 0 bridgehead atoms. The summed E-state index contributed by atoms with van der Waals surface area (Å²) >= 11 is 10.4. The van der Waals surface area contributed by atoms with Gasteiger partial charge in [-0.05, 0) is 17.7 Å². The number of nitrogens with zero attached hydrogens (tertiary/aromatic N) is 1. The highest BCUT2D eigenvalue weighted by Gasteiger charge is 2.12. The molecule has 18 heavy (non-hydrogen) atoms. The van der Waals surface area contributed by atoms with Crippen molar-refractivity contribution in [2.75, 3.05) is 12.4 Å². The summed E-state index contributed by atoms with van der Waals surface area (Å²) in [4.78, 5) is 0. The van der Waals surface area contributed by atoms with Crippen molar-refractivity contribution in [2.24, 2.45) is 5.92 Å². The van der Waals surface area contributed by atoms with Gasteiger partial charge in [-0.1, -0.05) is 30.6 Å². The lowest BCUT2D eigenvalue weighted by Gasteiger charge is -2.09. The summed E-state index contributed by atoms with van der Waals surface area (Å²) in [6.45, 7) is 4.81. The van der Waals surface area contributed by atoms with Gasteiger partial charge in [-0.25, -0.2) is 0 Å². The summed E-state index contributed by atoms with van der Waals surface area (Å²) in [5.74, 6) is 1.82. The fourth-order valence-corrected chi connectivity index (χ4v) is 2.07. The fourth-order valence-electron chi connectivity index (χ4n) is 1.64. The molecule has 0 amide bonds. The van der Waals surface area contributed by atoms with Gasteiger partial charge in [0.1, 0.15) is 5.75 Å². The van der Waals surface area contributed by atoms with Gasteiger partial charge in [-0.3, -0.25) is 0 Å². The van der Waals surface area contributed by atoms with Crippen molar-refractivity contribution in [3.05, 3.63) is 22.8 Å². The molecule has 5 heteroatoms. The van der Waals surface area contributed by atoms with E-state index in [-0.39, 0.29) is 0 Å². The van der Waals surface area contributed by atoms with E-state index in [9.17, 15) is 0 Å². The van der Waals surface area contributed by atoms with Crippen molar-refractivity contribution in [3.8, 4) is 5.75 Å². The summed E-state index contributed by atoms with van der Waals surface area (Å²) in [6, 6.07) is 3.65. The topological polar surface area (TPSA) is 35.3 Å². The molecule has 3 nitrogen and oxygen atoms in total. The molecule has 0 radical (unpaired) electrons. The first kappa shape index (κ1) is 13.6. The molecule has 2 rings (SSSR count). The van der Waals surface area contributed by atoms with Crippen LogP contribution in [0.1, 0.15) is 19.5 Å². The van der Waals surface area contributed by atoms with Gasteiger partial charge < -0.3 is 9.26 Å². The normalized spacial score (nSPS) is 11.4. The van der Waals surface area contributed by atoms with E-state index in [0.29, 0.717) is 28.9 Å². The Morgan fingerprint density at radius 3 is 2.89 bits per heavy atom. The number of aromatic nitrogens is 1. The first-order valence-electron chi connectivity index (χ1n) is 5.93. The van der Waals surface area contributed by atoms with Gasteiger partial charge in [0.05, 0.1) is 17.3 Å². The van der Waals surface area contributed by atoms with Crippen molar-refractivity contribution in [3.63, 3.8) is 0 Å². The molecule has 0 saturated carbocycles. The van der Waals surface area contributed by atoms with E-state index in [1.54, 1.807) is 6.07 Å². The minimum Gasteiger partial charge on any atom is -0.492 e. The van der Waals surface area contributed by atoms with Crippen LogP contribution >= 0.6 is 24.2 Å². The third kappa shape index (κ3) is 2.93. The van der Waals surface area contributed by atoms with Crippen molar-refractivity contribution < 1.29 is 9.26 Å². The van der Waals surface area contributed by atoms with E-state index in [4.69, 9.17) is 20.9 Å². The number of benzene rings is 1. The number of thiol groups is 1. The number of ether oxygens (including phenoxy) is 1. The molecule has 0 unspecified atom stereocenters. The zero-order chi connectivity index (χ0) is 13.1. The number of halogens is 1. The fraction of sp³-hybridized carbons (Fsp3) is 0.462.